The molecule has 0 aromatic carbocycles. The molecule has 1 heterocycles. The monoisotopic (exact) mass is 310 g/mol. The molecule has 1 aliphatic carbocycles. The molecular formula is C15H26N4OS. The highest BCUT2D eigenvalue weighted by Crippen LogP contribution is 2.42. The van der Waals surface area contributed by atoms with Crippen molar-refractivity contribution >= 4 is 17.3 Å². The lowest BCUT2D eigenvalue weighted by Gasteiger charge is -2.51. The average Bonchev–Trinajstić information content (AvgIpc) is 2.75. The fourth-order valence-corrected chi connectivity index (χ4v) is 3.67. The van der Waals surface area contributed by atoms with Gasteiger partial charge in [0, 0.05) is 30.5 Å². The van der Waals surface area contributed by atoms with Crippen LogP contribution in [-0.2, 0) is 11.3 Å². The molecule has 1 aromatic heterocycles. The van der Waals surface area contributed by atoms with Gasteiger partial charge in [0.15, 0.2) is 5.96 Å². The maximum absolute atomic E-state index is 5.49. The Balaban J connectivity index is 1.89. The molecule has 0 saturated heterocycles. The van der Waals surface area contributed by atoms with Crippen molar-refractivity contribution in [1.29, 1.82) is 0 Å². The first kappa shape index (κ1) is 16.2. The molecule has 0 aliphatic heterocycles. The minimum Gasteiger partial charge on any atom is -0.381 e. The highest BCUT2D eigenvalue weighted by Gasteiger charge is 2.48. The predicted octanol–water partition coefficient (Wildman–Crippen LogP) is 2.24. The van der Waals surface area contributed by atoms with Gasteiger partial charge in [-0.05, 0) is 20.3 Å². The van der Waals surface area contributed by atoms with Crippen LogP contribution in [0.25, 0.3) is 0 Å². The Morgan fingerprint density at radius 2 is 2.19 bits per heavy atom. The molecular weight excluding hydrogens is 284 g/mol. The summed E-state index contributed by atoms with van der Waals surface area (Å²) in [6.07, 6.45) is 1.34. The van der Waals surface area contributed by atoms with E-state index in [1.807, 2.05) is 6.92 Å². The van der Waals surface area contributed by atoms with Crippen molar-refractivity contribution in [2.45, 2.75) is 52.8 Å². The molecule has 0 amide bonds. The fraction of sp³-hybridized carbons (Fsp3) is 0.733. The topological polar surface area (TPSA) is 58.5 Å². The van der Waals surface area contributed by atoms with Gasteiger partial charge >= 0.3 is 0 Å². The number of aromatic nitrogens is 1. The summed E-state index contributed by atoms with van der Waals surface area (Å²) in [5.74, 6) is 0.841. The highest BCUT2D eigenvalue weighted by atomic mass is 32.1. The first-order valence-electron chi connectivity index (χ1n) is 7.31. The SMILES string of the molecule is CN=C(NCc1sc(C)nc1C)NC1CC(OC)C1(C)C. The van der Waals surface area contributed by atoms with Crippen LogP contribution in [0.4, 0.5) is 0 Å². The van der Waals surface area contributed by atoms with Gasteiger partial charge in [-0.25, -0.2) is 4.98 Å². The first-order valence-corrected chi connectivity index (χ1v) is 8.13. The van der Waals surface area contributed by atoms with Crippen LogP contribution in [0.2, 0.25) is 0 Å². The smallest absolute Gasteiger partial charge is 0.191 e. The third-order valence-electron chi connectivity index (χ3n) is 4.41. The second kappa shape index (κ2) is 6.32. The lowest BCUT2D eigenvalue weighted by molar-refractivity contribution is -0.0922. The van der Waals surface area contributed by atoms with E-state index in [0.717, 1.165) is 29.6 Å². The Hall–Kier alpha value is -1.14. The zero-order valence-corrected chi connectivity index (χ0v) is 14.6. The molecule has 2 unspecified atom stereocenters. The van der Waals surface area contributed by atoms with E-state index < -0.39 is 0 Å². The van der Waals surface area contributed by atoms with Crippen LogP contribution in [0.15, 0.2) is 4.99 Å². The molecule has 0 bridgehead atoms. The van der Waals surface area contributed by atoms with Gasteiger partial charge in [0.25, 0.3) is 0 Å². The minimum absolute atomic E-state index is 0.128. The molecule has 6 heteroatoms. The number of ether oxygens (including phenoxy) is 1. The second-order valence-electron chi connectivity index (χ2n) is 6.15. The molecule has 2 N–H and O–H groups in total. The molecule has 0 radical (unpaired) electrons. The van der Waals surface area contributed by atoms with Crippen LogP contribution >= 0.6 is 11.3 Å². The van der Waals surface area contributed by atoms with Gasteiger partial charge in [0.05, 0.1) is 23.4 Å². The summed E-state index contributed by atoms with van der Waals surface area (Å²) in [7, 11) is 3.59. The van der Waals surface area contributed by atoms with E-state index in [4.69, 9.17) is 4.74 Å². The van der Waals surface area contributed by atoms with Gasteiger partial charge in [-0.2, -0.15) is 0 Å². The summed E-state index contributed by atoms with van der Waals surface area (Å²) in [5, 5.41) is 7.98. The molecule has 1 fully saturated rings. The number of aliphatic imine (C=N–C) groups is 1. The Bertz CT molecular complexity index is 524. The molecule has 2 rings (SSSR count). The Morgan fingerprint density at radius 1 is 1.48 bits per heavy atom. The number of aryl methyl sites for hydroxylation is 2. The van der Waals surface area contributed by atoms with Gasteiger partial charge in [-0.1, -0.05) is 13.8 Å². The number of guanidine groups is 1. The fourth-order valence-electron chi connectivity index (χ4n) is 2.79. The summed E-state index contributed by atoms with van der Waals surface area (Å²) in [5.41, 5.74) is 1.23. The maximum Gasteiger partial charge on any atom is 0.191 e. The van der Waals surface area contributed by atoms with Crippen LogP contribution in [0.5, 0.6) is 0 Å². The number of methoxy groups -OCH3 is 1. The van der Waals surface area contributed by atoms with E-state index in [2.05, 4.69) is 41.4 Å². The molecule has 118 valence electrons. The van der Waals surface area contributed by atoms with Crippen molar-refractivity contribution in [3.8, 4) is 0 Å². The van der Waals surface area contributed by atoms with Gasteiger partial charge in [-0.15, -0.1) is 11.3 Å². The van der Waals surface area contributed by atoms with Crippen molar-refractivity contribution in [3.63, 3.8) is 0 Å². The van der Waals surface area contributed by atoms with Crippen molar-refractivity contribution in [1.82, 2.24) is 15.6 Å². The Labute approximate surface area is 131 Å². The average molecular weight is 310 g/mol. The number of hydrogen-bond donors (Lipinski definition) is 2. The highest BCUT2D eigenvalue weighted by molar-refractivity contribution is 7.11. The summed E-state index contributed by atoms with van der Waals surface area (Å²) < 4.78 is 5.49. The van der Waals surface area contributed by atoms with Crippen LogP contribution in [0, 0.1) is 19.3 Å². The lowest BCUT2D eigenvalue weighted by Crippen LogP contribution is -2.63. The number of nitrogens with zero attached hydrogens (tertiary/aromatic N) is 2. The van der Waals surface area contributed by atoms with E-state index in [1.54, 1.807) is 25.5 Å². The van der Waals surface area contributed by atoms with E-state index >= 15 is 0 Å². The van der Waals surface area contributed by atoms with Crippen LogP contribution in [-0.4, -0.2) is 37.2 Å². The molecule has 21 heavy (non-hydrogen) atoms. The number of hydrogen-bond acceptors (Lipinski definition) is 4. The summed E-state index contributed by atoms with van der Waals surface area (Å²) in [6, 6.07) is 0.387. The molecule has 5 nitrogen and oxygen atoms in total. The number of rotatable bonds is 4. The maximum atomic E-state index is 5.49. The Kier molecular flexibility index (Phi) is 4.88. The van der Waals surface area contributed by atoms with E-state index in [-0.39, 0.29) is 5.41 Å². The molecule has 1 aromatic rings. The van der Waals surface area contributed by atoms with E-state index in [0.29, 0.717) is 12.1 Å². The summed E-state index contributed by atoms with van der Waals surface area (Å²) in [6.45, 7) is 9.31. The molecule has 1 aliphatic rings. The minimum atomic E-state index is 0.128. The Morgan fingerprint density at radius 3 is 2.67 bits per heavy atom. The van der Waals surface area contributed by atoms with Gasteiger partial charge < -0.3 is 15.4 Å². The van der Waals surface area contributed by atoms with Crippen LogP contribution in [0.1, 0.15) is 35.8 Å². The van der Waals surface area contributed by atoms with Crippen molar-refractivity contribution in [2.24, 2.45) is 10.4 Å². The lowest BCUT2D eigenvalue weighted by atomic mass is 9.64. The van der Waals surface area contributed by atoms with Crippen LogP contribution in [0.3, 0.4) is 0 Å². The quantitative estimate of drug-likeness (QED) is 0.661. The largest absolute Gasteiger partial charge is 0.381 e. The summed E-state index contributed by atoms with van der Waals surface area (Å²) >= 11 is 1.73. The number of nitrogens with one attached hydrogen (secondary N) is 2. The van der Waals surface area contributed by atoms with Crippen LogP contribution < -0.4 is 10.6 Å². The molecule has 1 saturated carbocycles. The van der Waals surface area contributed by atoms with Gasteiger partial charge in [0.1, 0.15) is 0 Å². The van der Waals surface area contributed by atoms with Gasteiger partial charge in [0.2, 0.25) is 0 Å². The predicted molar refractivity (Wildman–Crippen MR) is 87.9 cm³/mol. The molecule has 2 atom stereocenters. The van der Waals surface area contributed by atoms with Crippen molar-refractivity contribution < 1.29 is 4.74 Å². The standard InChI is InChI=1S/C15H26N4OS/c1-9-11(21-10(2)18-9)8-17-14(16-5)19-12-7-13(20-6)15(12,3)4/h12-13H,7-8H2,1-6H3,(H2,16,17,19). The van der Waals surface area contributed by atoms with Crippen molar-refractivity contribution in [3.05, 3.63) is 15.6 Å². The third-order valence-corrected chi connectivity index (χ3v) is 5.49. The van der Waals surface area contributed by atoms with E-state index in [1.165, 1.54) is 4.88 Å². The van der Waals surface area contributed by atoms with Gasteiger partial charge in [-0.3, -0.25) is 4.99 Å². The summed E-state index contributed by atoms with van der Waals surface area (Å²) in [4.78, 5) is 10.0. The van der Waals surface area contributed by atoms with E-state index in [9.17, 15) is 0 Å². The van der Waals surface area contributed by atoms with Crippen molar-refractivity contribution in [2.75, 3.05) is 14.2 Å². The molecule has 0 spiro atoms. The zero-order chi connectivity index (χ0) is 15.6. The number of thiazole rings is 1. The normalized spacial score (nSPS) is 24.6. The second-order valence-corrected chi connectivity index (χ2v) is 7.43. The zero-order valence-electron chi connectivity index (χ0n) is 13.8. The third kappa shape index (κ3) is 3.37. The first-order chi connectivity index (χ1) is 9.88.